The lowest BCUT2D eigenvalue weighted by atomic mass is 10.0. The number of fused-ring (bicyclic) bond motifs is 11. The smallest absolute Gasteiger partial charge is 0.137 e. The Labute approximate surface area is 319 Å². The largest absolute Gasteiger partial charge is 0.456 e. The van der Waals surface area contributed by atoms with Gasteiger partial charge >= 0.3 is 0 Å². The highest BCUT2D eigenvalue weighted by Gasteiger charge is 2.20. The van der Waals surface area contributed by atoms with E-state index in [1.807, 2.05) is 35.6 Å². The fraction of sp³-hybridized carbons (Fsp3) is 0. The molecule has 0 spiro atoms. The van der Waals surface area contributed by atoms with Gasteiger partial charge in [0, 0.05) is 77.3 Å². The third kappa shape index (κ3) is 4.64. The van der Waals surface area contributed by atoms with Crippen LogP contribution in [-0.2, 0) is 0 Å². The Bertz CT molecular complexity index is 3330. The second kappa shape index (κ2) is 11.7. The van der Waals surface area contributed by atoms with Crippen LogP contribution in [0.1, 0.15) is 0 Å². The van der Waals surface area contributed by atoms with Gasteiger partial charge < -0.3 is 18.3 Å². The zero-order chi connectivity index (χ0) is 36.0. The summed E-state index contributed by atoms with van der Waals surface area (Å²) in [6, 6.07) is 64.7. The van der Waals surface area contributed by atoms with Crippen LogP contribution in [-0.4, -0.2) is 4.57 Å². The third-order valence-electron chi connectivity index (χ3n) is 11.0. The quantitative estimate of drug-likeness (QED) is 0.177. The maximum absolute atomic E-state index is 6.37. The normalized spacial score (nSPS) is 12.0. The number of hydrogen-bond donors (Lipinski definition) is 0. The summed E-state index contributed by atoms with van der Waals surface area (Å²) in [6.45, 7) is 0. The molecule has 55 heavy (non-hydrogen) atoms. The van der Waals surface area contributed by atoms with Crippen LogP contribution < -0.4 is 4.90 Å². The highest BCUT2D eigenvalue weighted by Crippen LogP contribution is 2.45. The van der Waals surface area contributed by atoms with Gasteiger partial charge in [-0.25, -0.2) is 0 Å². The number of hydrogen-bond acceptors (Lipinski definition) is 4. The molecule has 0 saturated heterocycles. The minimum atomic E-state index is 0.856. The van der Waals surface area contributed by atoms with Crippen molar-refractivity contribution in [3.8, 4) is 16.8 Å². The van der Waals surface area contributed by atoms with Crippen molar-refractivity contribution in [3.63, 3.8) is 0 Å². The predicted molar refractivity (Wildman–Crippen MR) is 231 cm³/mol. The number of rotatable bonds is 5. The van der Waals surface area contributed by atoms with Crippen LogP contribution in [0.4, 0.5) is 17.1 Å². The van der Waals surface area contributed by atoms with E-state index in [0.29, 0.717) is 0 Å². The summed E-state index contributed by atoms with van der Waals surface area (Å²) in [4.78, 5) is 3.56. The summed E-state index contributed by atoms with van der Waals surface area (Å²) in [5, 5.41) is 8.32. The molecule has 4 heterocycles. The van der Waals surface area contributed by atoms with Gasteiger partial charge in [0.2, 0.25) is 0 Å². The monoisotopic (exact) mass is 722 g/mol. The fourth-order valence-corrected chi connectivity index (χ4v) is 9.69. The maximum Gasteiger partial charge on any atom is 0.137 e. The summed E-state index contributed by atoms with van der Waals surface area (Å²) in [7, 11) is 0. The fourth-order valence-electron chi connectivity index (χ4n) is 8.46. The van der Waals surface area contributed by atoms with Gasteiger partial charge in [-0.05, 0) is 90.0 Å². The molecule has 0 radical (unpaired) electrons. The molecule has 12 rings (SSSR count). The molecule has 4 aromatic heterocycles. The van der Waals surface area contributed by atoms with Crippen molar-refractivity contribution in [1.82, 2.24) is 4.57 Å². The number of anilines is 3. The molecule has 0 saturated carbocycles. The molecule has 8 aromatic carbocycles. The van der Waals surface area contributed by atoms with E-state index in [9.17, 15) is 0 Å². The van der Waals surface area contributed by atoms with Crippen LogP contribution in [0.25, 0.3) is 91.9 Å². The van der Waals surface area contributed by atoms with E-state index in [1.165, 1.54) is 42.5 Å². The van der Waals surface area contributed by atoms with E-state index in [-0.39, 0.29) is 0 Å². The molecule has 0 aliphatic carbocycles. The Balaban J connectivity index is 0.993. The topological polar surface area (TPSA) is 34.5 Å². The lowest BCUT2D eigenvalue weighted by Gasteiger charge is -2.25. The van der Waals surface area contributed by atoms with E-state index in [4.69, 9.17) is 8.83 Å². The Morgan fingerprint density at radius 3 is 1.62 bits per heavy atom. The summed E-state index contributed by atoms with van der Waals surface area (Å²) < 4.78 is 16.4. The predicted octanol–water partition coefficient (Wildman–Crippen LogP) is 14.9. The molecule has 0 aliphatic heterocycles. The zero-order valence-corrected chi connectivity index (χ0v) is 30.3. The van der Waals surface area contributed by atoms with Crippen LogP contribution in [0.3, 0.4) is 0 Å². The number of benzene rings is 8. The number of furan rings is 2. The summed E-state index contributed by atoms with van der Waals surface area (Å²) in [6.07, 6.45) is 0. The van der Waals surface area contributed by atoms with Crippen molar-refractivity contribution < 1.29 is 8.83 Å². The molecule has 4 nitrogen and oxygen atoms in total. The molecule has 0 N–H and O–H groups in total. The Morgan fingerprint density at radius 1 is 0.400 bits per heavy atom. The minimum Gasteiger partial charge on any atom is -0.456 e. The Kier molecular flexibility index (Phi) is 6.47. The Morgan fingerprint density at radius 2 is 0.945 bits per heavy atom. The molecule has 5 heteroatoms. The van der Waals surface area contributed by atoms with E-state index in [0.717, 1.165) is 66.5 Å². The van der Waals surface area contributed by atoms with Crippen LogP contribution in [0.5, 0.6) is 0 Å². The van der Waals surface area contributed by atoms with Gasteiger partial charge in [-0.1, -0.05) is 91.0 Å². The molecular weight excluding hydrogens is 693 g/mol. The van der Waals surface area contributed by atoms with E-state index >= 15 is 0 Å². The first-order valence-corrected chi connectivity index (χ1v) is 19.3. The van der Waals surface area contributed by atoms with E-state index in [1.54, 1.807) is 0 Å². The van der Waals surface area contributed by atoms with Gasteiger partial charge in [-0.15, -0.1) is 11.3 Å². The Hall–Kier alpha value is -7.08. The number of thiophene rings is 1. The number of aromatic nitrogens is 1. The molecule has 0 bridgehead atoms. The summed E-state index contributed by atoms with van der Waals surface area (Å²) in [5.74, 6) is 0. The average Bonchev–Trinajstić information content (AvgIpc) is 3.99. The number of para-hydroxylation sites is 4. The highest BCUT2D eigenvalue weighted by atomic mass is 32.1. The molecule has 0 unspecified atom stereocenters. The standard InChI is InChI=1S/C50H30N2O2S/c1-2-10-33(11-3-1)52-43-15-7-4-14-41(43)49-42-28-32(20-27-48(42)55-50(49)52)31-18-21-34(22-19-31)51(35-23-25-39-37-12-5-8-16-44(37)53-46(39)29-35)36-24-26-40-38-13-6-9-17-45(38)54-47(40)30-36/h1-30H. The first kappa shape index (κ1) is 30.4. The lowest BCUT2D eigenvalue weighted by Crippen LogP contribution is -2.09. The molecule has 0 aliphatic rings. The highest BCUT2D eigenvalue weighted by molar-refractivity contribution is 7.25. The average molecular weight is 723 g/mol. The SMILES string of the molecule is c1ccc(-n2c3ccccc3c3c4cc(-c5ccc(N(c6ccc7c(c6)oc6ccccc67)c6ccc7c(c6)oc6ccccc67)cc5)ccc4sc32)cc1. The van der Waals surface area contributed by atoms with Crippen molar-refractivity contribution in [2.75, 3.05) is 4.90 Å². The molecule has 258 valence electrons. The van der Waals surface area contributed by atoms with Crippen molar-refractivity contribution in [1.29, 1.82) is 0 Å². The third-order valence-corrected chi connectivity index (χ3v) is 12.2. The number of nitrogens with zero attached hydrogens (tertiary/aromatic N) is 2. The van der Waals surface area contributed by atoms with Gasteiger partial charge in [0.1, 0.15) is 27.2 Å². The van der Waals surface area contributed by atoms with Crippen molar-refractivity contribution >= 4 is 103 Å². The van der Waals surface area contributed by atoms with Crippen LogP contribution in [0, 0.1) is 0 Å². The molecule has 0 fully saturated rings. The van der Waals surface area contributed by atoms with Crippen LogP contribution in [0.15, 0.2) is 191 Å². The van der Waals surface area contributed by atoms with Gasteiger partial charge in [-0.2, -0.15) is 0 Å². The van der Waals surface area contributed by atoms with E-state index < -0.39 is 0 Å². The van der Waals surface area contributed by atoms with Gasteiger partial charge in [-0.3, -0.25) is 0 Å². The molecule has 12 aromatic rings. The van der Waals surface area contributed by atoms with Gasteiger partial charge in [0.25, 0.3) is 0 Å². The maximum atomic E-state index is 6.37. The first-order chi connectivity index (χ1) is 27.2. The van der Waals surface area contributed by atoms with Crippen molar-refractivity contribution in [2.24, 2.45) is 0 Å². The summed E-state index contributed by atoms with van der Waals surface area (Å²) >= 11 is 1.86. The minimum absolute atomic E-state index is 0.856. The second-order valence-electron chi connectivity index (χ2n) is 14.1. The second-order valence-corrected chi connectivity index (χ2v) is 15.2. The lowest BCUT2D eigenvalue weighted by molar-refractivity contribution is 0.669. The molecule has 0 amide bonds. The van der Waals surface area contributed by atoms with Gasteiger partial charge in [0.05, 0.1) is 5.52 Å². The zero-order valence-electron chi connectivity index (χ0n) is 29.4. The van der Waals surface area contributed by atoms with Crippen molar-refractivity contribution in [2.45, 2.75) is 0 Å². The van der Waals surface area contributed by atoms with Gasteiger partial charge in [0.15, 0.2) is 0 Å². The van der Waals surface area contributed by atoms with Crippen LogP contribution in [0.2, 0.25) is 0 Å². The van der Waals surface area contributed by atoms with Crippen molar-refractivity contribution in [3.05, 3.63) is 182 Å². The molecular formula is C50H30N2O2S. The van der Waals surface area contributed by atoms with E-state index in [2.05, 4.69) is 167 Å². The van der Waals surface area contributed by atoms with Crippen LogP contribution >= 0.6 is 11.3 Å². The summed E-state index contributed by atoms with van der Waals surface area (Å²) in [5.41, 5.74) is 11.3. The first-order valence-electron chi connectivity index (χ1n) is 18.5. The molecule has 0 atom stereocenters.